The van der Waals surface area contributed by atoms with Gasteiger partial charge in [-0.2, -0.15) is 0 Å². The third-order valence-electron chi connectivity index (χ3n) is 5.63. The largest absolute Gasteiger partial charge is 0.495 e. The molecular formula is C26H26N2O6. The normalized spacial score (nSPS) is 10.8. The summed E-state index contributed by atoms with van der Waals surface area (Å²) in [5.41, 5.74) is 5.24. The van der Waals surface area contributed by atoms with Crippen LogP contribution in [0.4, 0.5) is 5.69 Å². The van der Waals surface area contributed by atoms with Crippen molar-refractivity contribution in [3.05, 3.63) is 59.2 Å². The lowest BCUT2D eigenvalue weighted by Crippen LogP contribution is -2.13. The number of hydrogen-bond donors (Lipinski definition) is 1. The maximum atomic E-state index is 13.1. The Bertz CT molecular complexity index is 1310. The number of nitrogens with one attached hydrogen (secondary N) is 1. The lowest BCUT2D eigenvalue weighted by Gasteiger charge is -2.15. The molecule has 0 bridgehead atoms. The molecule has 0 atom stereocenters. The monoisotopic (exact) mass is 462 g/mol. The molecule has 0 aliphatic rings. The first-order valence-corrected chi connectivity index (χ1v) is 10.6. The average molecular weight is 463 g/mol. The fourth-order valence-electron chi connectivity index (χ4n) is 3.65. The van der Waals surface area contributed by atoms with Gasteiger partial charge in [0.25, 0.3) is 5.91 Å². The van der Waals surface area contributed by atoms with Crippen molar-refractivity contribution in [1.29, 1.82) is 0 Å². The van der Waals surface area contributed by atoms with Gasteiger partial charge in [0, 0.05) is 11.1 Å². The Morgan fingerprint density at radius 2 is 1.47 bits per heavy atom. The summed E-state index contributed by atoms with van der Waals surface area (Å²) in [5.74, 6) is 1.73. The SMILES string of the molecule is COc1ccc(-c2nc3cc(C)c(C)cc3o2)cc1NC(=O)c1cc(OC)c(OC)c(OC)c1. The number of methoxy groups -OCH3 is 4. The van der Waals surface area contributed by atoms with E-state index < -0.39 is 0 Å². The number of fused-ring (bicyclic) bond motifs is 1. The van der Waals surface area contributed by atoms with Gasteiger partial charge in [-0.15, -0.1) is 0 Å². The molecule has 1 aromatic heterocycles. The van der Waals surface area contributed by atoms with Crippen LogP contribution in [0.5, 0.6) is 23.0 Å². The summed E-state index contributed by atoms with van der Waals surface area (Å²) < 4.78 is 27.5. The van der Waals surface area contributed by atoms with Gasteiger partial charge in [0.05, 0.1) is 34.1 Å². The quantitative estimate of drug-likeness (QED) is 0.393. The van der Waals surface area contributed by atoms with E-state index in [-0.39, 0.29) is 5.91 Å². The predicted octanol–water partition coefficient (Wildman–Crippen LogP) is 5.40. The summed E-state index contributed by atoms with van der Waals surface area (Å²) in [6, 6.07) is 12.5. The highest BCUT2D eigenvalue weighted by atomic mass is 16.5. The molecule has 4 aromatic rings. The van der Waals surface area contributed by atoms with E-state index in [0.717, 1.165) is 16.6 Å². The van der Waals surface area contributed by atoms with E-state index in [1.807, 2.05) is 32.0 Å². The van der Waals surface area contributed by atoms with Gasteiger partial charge in [-0.1, -0.05) is 0 Å². The van der Waals surface area contributed by atoms with Gasteiger partial charge < -0.3 is 28.7 Å². The molecule has 0 saturated heterocycles. The predicted molar refractivity (Wildman–Crippen MR) is 130 cm³/mol. The summed E-state index contributed by atoms with van der Waals surface area (Å²) in [6.45, 7) is 4.06. The topological polar surface area (TPSA) is 92.1 Å². The molecule has 0 fully saturated rings. The van der Waals surface area contributed by atoms with E-state index in [9.17, 15) is 4.79 Å². The van der Waals surface area contributed by atoms with E-state index in [2.05, 4.69) is 10.3 Å². The van der Waals surface area contributed by atoms with E-state index in [1.165, 1.54) is 28.4 Å². The molecule has 8 nitrogen and oxygen atoms in total. The van der Waals surface area contributed by atoms with Gasteiger partial charge in [-0.25, -0.2) is 4.98 Å². The first-order chi connectivity index (χ1) is 16.4. The van der Waals surface area contributed by atoms with Crippen LogP contribution in [0.2, 0.25) is 0 Å². The molecule has 0 spiro atoms. The van der Waals surface area contributed by atoms with E-state index in [0.29, 0.717) is 51.3 Å². The standard InChI is InChI=1S/C26H26N2O6/c1-14-9-18-21(10-15(14)2)34-26(28-18)16-7-8-20(30-3)19(11-16)27-25(29)17-12-22(31-4)24(33-6)23(13-17)32-5/h7-13H,1-6H3,(H,27,29). The number of nitrogens with zero attached hydrogens (tertiary/aromatic N) is 1. The van der Waals surface area contributed by atoms with Crippen LogP contribution in [0.15, 0.2) is 46.9 Å². The zero-order chi connectivity index (χ0) is 24.4. The van der Waals surface area contributed by atoms with Crippen LogP contribution in [0.3, 0.4) is 0 Å². The lowest BCUT2D eigenvalue weighted by atomic mass is 10.1. The minimum Gasteiger partial charge on any atom is -0.495 e. The van der Waals surface area contributed by atoms with Crippen LogP contribution in [0, 0.1) is 13.8 Å². The molecule has 1 heterocycles. The number of aryl methyl sites for hydroxylation is 2. The summed E-state index contributed by atoms with van der Waals surface area (Å²) in [5, 5.41) is 2.89. The van der Waals surface area contributed by atoms with Gasteiger partial charge >= 0.3 is 0 Å². The maximum absolute atomic E-state index is 13.1. The smallest absolute Gasteiger partial charge is 0.256 e. The fraction of sp³-hybridized carbons (Fsp3) is 0.231. The van der Waals surface area contributed by atoms with Crippen LogP contribution in [-0.4, -0.2) is 39.3 Å². The first-order valence-electron chi connectivity index (χ1n) is 10.6. The third kappa shape index (κ3) is 4.22. The molecule has 1 N–H and O–H groups in total. The molecule has 0 saturated carbocycles. The summed E-state index contributed by atoms with van der Waals surface area (Å²) >= 11 is 0. The molecular weight excluding hydrogens is 436 g/mol. The Hall–Kier alpha value is -4.20. The van der Waals surface area contributed by atoms with Crippen LogP contribution >= 0.6 is 0 Å². The van der Waals surface area contributed by atoms with Crippen molar-refractivity contribution in [1.82, 2.24) is 4.98 Å². The van der Waals surface area contributed by atoms with Gasteiger partial charge in [0.1, 0.15) is 11.3 Å². The molecule has 4 rings (SSSR count). The minimum atomic E-state index is -0.376. The van der Waals surface area contributed by atoms with Crippen molar-refractivity contribution >= 4 is 22.7 Å². The number of aromatic nitrogens is 1. The molecule has 34 heavy (non-hydrogen) atoms. The molecule has 8 heteroatoms. The van der Waals surface area contributed by atoms with Crippen molar-refractivity contribution in [2.24, 2.45) is 0 Å². The zero-order valence-electron chi connectivity index (χ0n) is 19.9. The van der Waals surface area contributed by atoms with Crippen LogP contribution in [-0.2, 0) is 0 Å². The zero-order valence-corrected chi connectivity index (χ0v) is 19.9. The molecule has 1 amide bonds. The lowest BCUT2D eigenvalue weighted by molar-refractivity contribution is 0.102. The molecule has 176 valence electrons. The van der Waals surface area contributed by atoms with Crippen molar-refractivity contribution in [3.63, 3.8) is 0 Å². The van der Waals surface area contributed by atoms with Crippen molar-refractivity contribution in [2.45, 2.75) is 13.8 Å². The minimum absolute atomic E-state index is 0.328. The number of amides is 1. The molecule has 0 aliphatic carbocycles. The van der Waals surface area contributed by atoms with E-state index in [4.69, 9.17) is 23.4 Å². The second-order valence-corrected chi connectivity index (χ2v) is 7.71. The van der Waals surface area contributed by atoms with Crippen LogP contribution < -0.4 is 24.3 Å². The Morgan fingerprint density at radius 1 is 0.824 bits per heavy atom. The summed E-state index contributed by atoms with van der Waals surface area (Å²) in [4.78, 5) is 17.7. The van der Waals surface area contributed by atoms with E-state index >= 15 is 0 Å². The second kappa shape index (κ2) is 9.35. The Morgan fingerprint density at radius 3 is 2.09 bits per heavy atom. The molecule has 0 unspecified atom stereocenters. The number of carbonyl (C=O) groups is 1. The van der Waals surface area contributed by atoms with Crippen LogP contribution in [0.25, 0.3) is 22.6 Å². The third-order valence-corrected chi connectivity index (χ3v) is 5.63. The van der Waals surface area contributed by atoms with Crippen molar-refractivity contribution in [2.75, 3.05) is 33.8 Å². The van der Waals surface area contributed by atoms with Gasteiger partial charge in [-0.05, 0) is 67.4 Å². The highest BCUT2D eigenvalue weighted by Gasteiger charge is 2.19. The number of ether oxygens (including phenoxy) is 4. The average Bonchev–Trinajstić information content (AvgIpc) is 3.25. The first kappa shape index (κ1) is 23.0. The number of benzene rings is 3. The summed E-state index contributed by atoms with van der Waals surface area (Å²) in [7, 11) is 6.03. The van der Waals surface area contributed by atoms with E-state index in [1.54, 1.807) is 24.3 Å². The fourth-order valence-corrected chi connectivity index (χ4v) is 3.65. The van der Waals surface area contributed by atoms with Crippen molar-refractivity contribution in [3.8, 4) is 34.5 Å². The highest BCUT2D eigenvalue weighted by Crippen LogP contribution is 2.39. The summed E-state index contributed by atoms with van der Waals surface area (Å²) in [6.07, 6.45) is 0. The molecule has 0 radical (unpaired) electrons. The highest BCUT2D eigenvalue weighted by molar-refractivity contribution is 6.06. The molecule has 3 aromatic carbocycles. The maximum Gasteiger partial charge on any atom is 0.256 e. The Balaban J connectivity index is 1.70. The number of rotatable bonds is 7. The number of hydrogen-bond acceptors (Lipinski definition) is 7. The molecule has 0 aliphatic heterocycles. The van der Waals surface area contributed by atoms with Gasteiger partial charge in [0.2, 0.25) is 11.6 Å². The number of anilines is 1. The second-order valence-electron chi connectivity index (χ2n) is 7.71. The van der Waals surface area contributed by atoms with Crippen LogP contribution in [0.1, 0.15) is 21.5 Å². The van der Waals surface area contributed by atoms with Gasteiger partial charge in [-0.3, -0.25) is 4.79 Å². The number of carbonyl (C=O) groups excluding carboxylic acids is 1. The Labute approximate surface area is 197 Å². The van der Waals surface area contributed by atoms with Gasteiger partial charge in [0.15, 0.2) is 17.1 Å². The van der Waals surface area contributed by atoms with Crippen molar-refractivity contribution < 1.29 is 28.2 Å². The number of oxazole rings is 1. The Kier molecular flexibility index (Phi) is 6.32.